The molecule has 0 spiro atoms. The van der Waals surface area contributed by atoms with Crippen LogP contribution in [-0.4, -0.2) is 61.5 Å². The number of aryl methyl sites for hydroxylation is 1. The number of H-pyrrole nitrogens is 1. The van der Waals surface area contributed by atoms with Crippen LogP contribution in [0.25, 0.3) is 4.96 Å². The highest BCUT2D eigenvalue weighted by Crippen LogP contribution is 2.30. The number of thiazole rings is 1. The number of imidazole rings is 1. The van der Waals surface area contributed by atoms with E-state index >= 15 is 0 Å². The molecule has 7 nitrogen and oxygen atoms in total. The largest absolute Gasteiger partial charge is 0.339 e. The van der Waals surface area contributed by atoms with Gasteiger partial charge in [-0.05, 0) is 39.2 Å². The molecule has 0 aromatic carbocycles. The fourth-order valence-electron chi connectivity index (χ4n) is 5.00. The zero-order valence-corrected chi connectivity index (χ0v) is 18.5. The van der Waals surface area contributed by atoms with E-state index in [9.17, 15) is 4.79 Å². The van der Waals surface area contributed by atoms with Gasteiger partial charge < -0.3 is 4.90 Å². The van der Waals surface area contributed by atoms with E-state index in [2.05, 4.69) is 38.0 Å². The first-order valence-corrected chi connectivity index (χ1v) is 12.0. The number of carbonyl (C=O) groups is 1. The Morgan fingerprint density at radius 3 is 2.87 bits per heavy atom. The van der Waals surface area contributed by atoms with E-state index in [0.29, 0.717) is 5.92 Å². The van der Waals surface area contributed by atoms with Crippen molar-refractivity contribution in [3.8, 4) is 0 Å². The molecule has 0 radical (unpaired) electrons. The minimum atomic E-state index is 0.157. The summed E-state index contributed by atoms with van der Waals surface area (Å²) in [5, 5.41) is 9.56. The summed E-state index contributed by atoms with van der Waals surface area (Å²) in [6, 6.07) is 0. The van der Waals surface area contributed by atoms with Crippen molar-refractivity contribution in [2.24, 2.45) is 0 Å². The quantitative estimate of drug-likeness (QED) is 0.689. The number of piperidine rings is 1. The number of nitrogens with zero attached hydrogens (tertiary/aromatic N) is 5. The lowest BCUT2D eigenvalue weighted by molar-refractivity contribution is 0.0759. The molecule has 0 unspecified atom stereocenters. The SMILES string of the molecule is Cc1nc2sccn2c1CN1CCC[C@H](c2[nH]ncc2C(=O)N2CCCCCC2)C1. The standard InChI is InChI=1S/C22H30N6OS/c1-16-19(28-11-12-30-22(28)24-16)15-26-8-6-7-17(14-26)20-18(13-23-25-20)21(29)27-9-4-2-3-5-10-27/h11-13,17H,2-10,14-15H2,1H3,(H,23,25)/t17-/m0/s1. The number of hydrogen-bond acceptors (Lipinski definition) is 5. The summed E-state index contributed by atoms with van der Waals surface area (Å²) in [4.78, 5) is 23.5. The Labute approximate surface area is 181 Å². The molecule has 5 heterocycles. The zero-order chi connectivity index (χ0) is 20.5. The van der Waals surface area contributed by atoms with Crippen LogP contribution in [0.1, 0.15) is 71.9 Å². The van der Waals surface area contributed by atoms with Crippen LogP contribution in [0.3, 0.4) is 0 Å². The van der Waals surface area contributed by atoms with Crippen LogP contribution >= 0.6 is 11.3 Å². The number of carbonyl (C=O) groups excluding carboxylic acids is 1. The fourth-order valence-corrected chi connectivity index (χ4v) is 5.78. The second kappa shape index (κ2) is 8.51. The highest BCUT2D eigenvalue weighted by Gasteiger charge is 2.29. The normalized spacial score (nSPS) is 21.2. The van der Waals surface area contributed by atoms with Crippen molar-refractivity contribution < 1.29 is 4.79 Å². The van der Waals surface area contributed by atoms with Crippen molar-refractivity contribution in [3.05, 3.63) is 40.4 Å². The monoisotopic (exact) mass is 426 g/mol. The van der Waals surface area contributed by atoms with Gasteiger partial charge in [0.15, 0.2) is 4.96 Å². The molecule has 30 heavy (non-hydrogen) atoms. The molecule has 5 rings (SSSR count). The van der Waals surface area contributed by atoms with E-state index in [1.807, 2.05) is 4.90 Å². The van der Waals surface area contributed by atoms with Crippen LogP contribution in [0, 0.1) is 6.92 Å². The number of fused-ring (bicyclic) bond motifs is 1. The van der Waals surface area contributed by atoms with Crippen LogP contribution in [0.5, 0.6) is 0 Å². The first kappa shape index (κ1) is 19.8. The van der Waals surface area contributed by atoms with Gasteiger partial charge in [-0.25, -0.2) is 4.98 Å². The Balaban J connectivity index is 1.32. The van der Waals surface area contributed by atoms with Crippen molar-refractivity contribution in [2.75, 3.05) is 26.2 Å². The van der Waals surface area contributed by atoms with Gasteiger partial charge in [-0.2, -0.15) is 5.10 Å². The van der Waals surface area contributed by atoms with Gasteiger partial charge >= 0.3 is 0 Å². The summed E-state index contributed by atoms with van der Waals surface area (Å²) in [6.45, 7) is 6.76. The molecule has 8 heteroatoms. The van der Waals surface area contributed by atoms with Crippen molar-refractivity contribution in [1.29, 1.82) is 0 Å². The van der Waals surface area contributed by atoms with Gasteiger partial charge in [0.05, 0.1) is 28.8 Å². The molecule has 1 amide bonds. The molecule has 1 N–H and O–H groups in total. The summed E-state index contributed by atoms with van der Waals surface area (Å²) >= 11 is 1.68. The average molecular weight is 427 g/mol. The van der Waals surface area contributed by atoms with E-state index in [1.165, 1.54) is 18.5 Å². The Bertz CT molecular complexity index is 1010. The van der Waals surface area contributed by atoms with E-state index in [0.717, 1.165) is 80.3 Å². The molecular weight excluding hydrogens is 396 g/mol. The average Bonchev–Trinajstić information content (AvgIpc) is 3.41. The maximum absolute atomic E-state index is 13.2. The summed E-state index contributed by atoms with van der Waals surface area (Å²) < 4.78 is 2.22. The molecular formula is C22H30N6OS. The highest BCUT2D eigenvalue weighted by molar-refractivity contribution is 7.15. The molecule has 2 aliphatic heterocycles. The maximum Gasteiger partial charge on any atom is 0.257 e. The van der Waals surface area contributed by atoms with Gasteiger partial charge in [-0.1, -0.05) is 12.8 Å². The number of likely N-dealkylation sites (tertiary alicyclic amines) is 2. The van der Waals surface area contributed by atoms with Crippen LogP contribution in [0.4, 0.5) is 0 Å². The lowest BCUT2D eigenvalue weighted by atomic mass is 9.92. The predicted octanol–water partition coefficient (Wildman–Crippen LogP) is 3.82. The molecule has 2 fully saturated rings. The van der Waals surface area contributed by atoms with E-state index in [1.54, 1.807) is 17.5 Å². The second-order valence-corrected chi connectivity index (χ2v) is 9.55. The molecule has 0 saturated carbocycles. The molecule has 0 bridgehead atoms. The van der Waals surface area contributed by atoms with Crippen LogP contribution in [-0.2, 0) is 6.54 Å². The van der Waals surface area contributed by atoms with Gasteiger partial charge in [0, 0.05) is 43.7 Å². The Hall–Kier alpha value is -2.19. The maximum atomic E-state index is 13.2. The van der Waals surface area contributed by atoms with Gasteiger partial charge in [-0.15, -0.1) is 11.3 Å². The van der Waals surface area contributed by atoms with Crippen LogP contribution < -0.4 is 0 Å². The summed E-state index contributed by atoms with van der Waals surface area (Å²) in [6.07, 6.45) is 10.8. The molecule has 1 atom stereocenters. The zero-order valence-electron chi connectivity index (χ0n) is 17.6. The highest BCUT2D eigenvalue weighted by atomic mass is 32.1. The van der Waals surface area contributed by atoms with Crippen molar-refractivity contribution in [3.63, 3.8) is 0 Å². The number of hydrogen-bond donors (Lipinski definition) is 1. The van der Waals surface area contributed by atoms with Crippen molar-refractivity contribution in [1.82, 2.24) is 29.4 Å². The molecule has 160 valence electrons. The number of amides is 1. The number of nitrogens with one attached hydrogen (secondary N) is 1. The second-order valence-electron chi connectivity index (χ2n) is 8.68. The molecule has 2 aliphatic rings. The fraction of sp³-hybridized carbons (Fsp3) is 0.591. The third-order valence-corrected chi connectivity index (χ3v) is 7.40. The van der Waals surface area contributed by atoms with E-state index in [-0.39, 0.29) is 5.91 Å². The van der Waals surface area contributed by atoms with E-state index < -0.39 is 0 Å². The lowest BCUT2D eigenvalue weighted by Crippen LogP contribution is -2.36. The molecule has 0 aliphatic carbocycles. The smallest absolute Gasteiger partial charge is 0.257 e. The number of rotatable bonds is 4. The molecule has 2 saturated heterocycles. The van der Waals surface area contributed by atoms with Crippen LogP contribution in [0.15, 0.2) is 17.8 Å². The Kier molecular flexibility index (Phi) is 5.60. The molecule has 3 aromatic heterocycles. The van der Waals surface area contributed by atoms with Gasteiger partial charge in [0.1, 0.15) is 0 Å². The summed E-state index contributed by atoms with van der Waals surface area (Å²) in [5.41, 5.74) is 4.20. The van der Waals surface area contributed by atoms with E-state index in [4.69, 9.17) is 4.98 Å². The van der Waals surface area contributed by atoms with Gasteiger partial charge in [-0.3, -0.25) is 19.2 Å². The van der Waals surface area contributed by atoms with Crippen LogP contribution in [0.2, 0.25) is 0 Å². The third-order valence-electron chi connectivity index (χ3n) is 6.64. The van der Waals surface area contributed by atoms with Crippen molar-refractivity contribution in [2.45, 2.75) is 57.9 Å². The topological polar surface area (TPSA) is 69.5 Å². The number of aromatic amines is 1. The first-order valence-electron chi connectivity index (χ1n) is 11.2. The predicted molar refractivity (Wildman–Crippen MR) is 118 cm³/mol. The van der Waals surface area contributed by atoms with Gasteiger partial charge in [0.2, 0.25) is 0 Å². The third kappa shape index (κ3) is 3.78. The summed E-state index contributed by atoms with van der Waals surface area (Å²) in [7, 11) is 0. The Morgan fingerprint density at radius 2 is 2.03 bits per heavy atom. The minimum absolute atomic E-state index is 0.157. The van der Waals surface area contributed by atoms with Crippen molar-refractivity contribution >= 4 is 22.2 Å². The lowest BCUT2D eigenvalue weighted by Gasteiger charge is -2.32. The summed E-state index contributed by atoms with van der Waals surface area (Å²) in [5.74, 6) is 0.475. The first-order chi connectivity index (χ1) is 14.7. The molecule has 3 aromatic rings. The number of aromatic nitrogens is 4. The Morgan fingerprint density at radius 1 is 1.20 bits per heavy atom. The minimum Gasteiger partial charge on any atom is -0.339 e. The van der Waals surface area contributed by atoms with Gasteiger partial charge in [0.25, 0.3) is 5.91 Å².